The van der Waals surface area contributed by atoms with Crippen LogP contribution in [0.1, 0.15) is 0 Å². The molecule has 0 unspecified atom stereocenters. The van der Waals surface area contributed by atoms with Crippen molar-refractivity contribution in [2.45, 2.75) is 0 Å². The minimum Gasteiger partial charge on any atom is -0.539 e. The van der Waals surface area contributed by atoms with Gasteiger partial charge < -0.3 is 9.68 Å². The molecule has 0 radical (unpaired) electrons. The van der Waals surface area contributed by atoms with Gasteiger partial charge in [0, 0.05) is 0 Å². The molecule has 0 fully saturated rings. The molecule has 0 aliphatic heterocycles. The molecule has 1 N–H and O–H groups in total. The first-order valence-electron chi connectivity index (χ1n) is 4.89. The zero-order valence-electron chi connectivity index (χ0n) is 8.56. The van der Waals surface area contributed by atoms with Crippen LogP contribution in [-0.2, 0) is 0 Å². The maximum Gasteiger partial charge on any atom is 0.504 e. The fraction of sp³-hybridized carbons (Fsp3) is 0. The van der Waals surface area contributed by atoms with Crippen LogP contribution < -0.4 is 4.65 Å². The molecular formula is C12H10BFO2. The van der Waals surface area contributed by atoms with Crippen molar-refractivity contribution in [2.75, 3.05) is 0 Å². The first-order valence-corrected chi connectivity index (χ1v) is 4.89. The zero-order chi connectivity index (χ0) is 11.4. The van der Waals surface area contributed by atoms with Gasteiger partial charge in [0.15, 0.2) is 0 Å². The molecule has 2 aromatic rings. The second kappa shape index (κ2) is 4.81. The maximum atomic E-state index is 12.7. The van der Waals surface area contributed by atoms with Crippen LogP contribution in [0.5, 0.6) is 5.75 Å². The van der Waals surface area contributed by atoms with Crippen LogP contribution in [0, 0.1) is 5.82 Å². The third-order valence-electron chi connectivity index (χ3n) is 2.24. The summed E-state index contributed by atoms with van der Waals surface area (Å²) in [6, 6.07) is 13.5. The average Bonchev–Trinajstić information content (AvgIpc) is 2.31. The molecule has 0 amide bonds. The van der Waals surface area contributed by atoms with Crippen molar-refractivity contribution in [3.8, 4) is 16.9 Å². The summed E-state index contributed by atoms with van der Waals surface area (Å²) < 4.78 is 17.7. The number of rotatable bonds is 3. The summed E-state index contributed by atoms with van der Waals surface area (Å²) >= 11 is 0. The molecule has 80 valence electrons. The summed E-state index contributed by atoms with van der Waals surface area (Å²) in [5.74, 6) is 0.329. The molecule has 2 aromatic carbocycles. The number of halogens is 1. The largest absolute Gasteiger partial charge is 0.539 e. The third-order valence-corrected chi connectivity index (χ3v) is 2.24. The number of hydrogen-bond acceptors (Lipinski definition) is 2. The van der Waals surface area contributed by atoms with Crippen molar-refractivity contribution in [3.05, 3.63) is 54.3 Å². The molecule has 0 aliphatic carbocycles. The molecule has 0 saturated heterocycles. The Kier molecular flexibility index (Phi) is 3.22. The predicted molar refractivity (Wildman–Crippen MR) is 61.8 cm³/mol. The van der Waals surface area contributed by atoms with E-state index >= 15 is 0 Å². The fourth-order valence-electron chi connectivity index (χ4n) is 1.48. The van der Waals surface area contributed by atoms with E-state index in [-0.39, 0.29) is 13.5 Å². The van der Waals surface area contributed by atoms with Crippen LogP contribution in [0.3, 0.4) is 0 Å². The van der Waals surface area contributed by atoms with Gasteiger partial charge in [-0.2, -0.15) is 0 Å². The van der Waals surface area contributed by atoms with E-state index in [1.54, 1.807) is 24.3 Å². The summed E-state index contributed by atoms with van der Waals surface area (Å²) in [5.41, 5.74) is 1.83. The maximum absolute atomic E-state index is 12.7. The van der Waals surface area contributed by atoms with Crippen LogP contribution in [-0.4, -0.2) is 12.7 Å². The summed E-state index contributed by atoms with van der Waals surface area (Å²) in [6.07, 6.45) is 0. The van der Waals surface area contributed by atoms with Gasteiger partial charge in [0.1, 0.15) is 11.6 Å². The quantitative estimate of drug-likeness (QED) is 0.796. The topological polar surface area (TPSA) is 29.5 Å². The van der Waals surface area contributed by atoms with Gasteiger partial charge in [-0.3, -0.25) is 0 Å². The van der Waals surface area contributed by atoms with E-state index in [0.717, 1.165) is 11.1 Å². The second-order valence-corrected chi connectivity index (χ2v) is 3.31. The lowest BCUT2D eigenvalue weighted by Gasteiger charge is -2.05. The van der Waals surface area contributed by atoms with Crippen molar-refractivity contribution < 1.29 is 14.1 Å². The molecule has 0 atom stereocenters. The van der Waals surface area contributed by atoms with E-state index in [1.165, 1.54) is 12.1 Å². The number of benzene rings is 2. The van der Waals surface area contributed by atoms with Crippen LogP contribution in [0.2, 0.25) is 0 Å². The second-order valence-electron chi connectivity index (χ2n) is 3.31. The highest BCUT2D eigenvalue weighted by atomic mass is 19.1. The SMILES string of the molecule is OBOc1cccc(-c2ccc(F)cc2)c1. The average molecular weight is 216 g/mol. The molecule has 0 aliphatic rings. The summed E-state index contributed by atoms with van der Waals surface area (Å²) in [4.78, 5) is 0. The Morgan fingerprint density at radius 3 is 2.44 bits per heavy atom. The molecule has 0 spiro atoms. The van der Waals surface area contributed by atoms with Gasteiger partial charge in [0.2, 0.25) is 0 Å². The van der Waals surface area contributed by atoms with Gasteiger partial charge in [0.05, 0.1) is 0 Å². The Morgan fingerprint density at radius 2 is 1.75 bits per heavy atom. The van der Waals surface area contributed by atoms with E-state index in [2.05, 4.69) is 0 Å². The normalized spacial score (nSPS) is 9.88. The molecule has 0 bridgehead atoms. The van der Waals surface area contributed by atoms with Gasteiger partial charge in [-0.1, -0.05) is 24.3 Å². The lowest BCUT2D eigenvalue weighted by atomic mass is 10.1. The van der Waals surface area contributed by atoms with Crippen molar-refractivity contribution in [1.29, 1.82) is 0 Å². The lowest BCUT2D eigenvalue weighted by molar-refractivity contribution is 0.454. The molecule has 0 saturated carbocycles. The highest BCUT2D eigenvalue weighted by Gasteiger charge is 2.00. The van der Waals surface area contributed by atoms with Gasteiger partial charge in [-0.05, 0) is 35.4 Å². The van der Waals surface area contributed by atoms with Crippen molar-refractivity contribution in [3.63, 3.8) is 0 Å². The Bertz CT molecular complexity index is 471. The van der Waals surface area contributed by atoms with E-state index in [9.17, 15) is 4.39 Å². The summed E-state index contributed by atoms with van der Waals surface area (Å²) in [7, 11) is -0.354. The Morgan fingerprint density at radius 1 is 1.00 bits per heavy atom. The minimum atomic E-state index is -0.354. The van der Waals surface area contributed by atoms with Crippen LogP contribution >= 0.6 is 0 Å². The van der Waals surface area contributed by atoms with E-state index in [1.807, 2.05) is 12.1 Å². The van der Waals surface area contributed by atoms with Crippen molar-refractivity contribution >= 4 is 7.69 Å². The zero-order valence-corrected chi connectivity index (χ0v) is 8.56. The van der Waals surface area contributed by atoms with E-state index in [4.69, 9.17) is 9.68 Å². The first-order chi connectivity index (χ1) is 7.79. The van der Waals surface area contributed by atoms with Crippen LogP contribution in [0.4, 0.5) is 4.39 Å². The molecule has 2 rings (SSSR count). The first kappa shape index (κ1) is 10.7. The molecule has 2 nitrogen and oxygen atoms in total. The standard InChI is InChI=1S/C12H10BFO2/c14-11-6-4-9(5-7-11)10-2-1-3-12(8-10)16-13-15/h1-8,13,15H. The van der Waals surface area contributed by atoms with Gasteiger partial charge in [0.25, 0.3) is 0 Å². The molecule has 0 aromatic heterocycles. The molecule has 0 heterocycles. The lowest BCUT2D eigenvalue weighted by Crippen LogP contribution is -1.99. The minimum absolute atomic E-state index is 0.258. The molecular weight excluding hydrogens is 206 g/mol. The molecule has 16 heavy (non-hydrogen) atoms. The fourth-order valence-corrected chi connectivity index (χ4v) is 1.48. The monoisotopic (exact) mass is 216 g/mol. The highest BCUT2D eigenvalue weighted by Crippen LogP contribution is 2.23. The van der Waals surface area contributed by atoms with Gasteiger partial charge >= 0.3 is 7.69 Å². The predicted octanol–water partition coefficient (Wildman–Crippen LogP) is 2.13. The smallest absolute Gasteiger partial charge is 0.504 e. The van der Waals surface area contributed by atoms with Crippen molar-refractivity contribution in [1.82, 2.24) is 0 Å². The van der Waals surface area contributed by atoms with Crippen molar-refractivity contribution in [2.24, 2.45) is 0 Å². The highest BCUT2D eigenvalue weighted by molar-refractivity contribution is 6.17. The van der Waals surface area contributed by atoms with Crippen LogP contribution in [0.15, 0.2) is 48.5 Å². The van der Waals surface area contributed by atoms with Gasteiger partial charge in [-0.15, -0.1) is 0 Å². The Hall–Kier alpha value is -1.81. The Labute approximate surface area is 93.6 Å². The molecule has 4 heteroatoms. The Balaban J connectivity index is 2.32. The number of hydrogen-bond donors (Lipinski definition) is 1. The van der Waals surface area contributed by atoms with E-state index in [0.29, 0.717) is 5.75 Å². The van der Waals surface area contributed by atoms with E-state index < -0.39 is 0 Å². The van der Waals surface area contributed by atoms with Gasteiger partial charge in [-0.25, -0.2) is 4.39 Å². The van der Waals surface area contributed by atoms with Crippen LogP contribution in [0.25, 0.3) is 11.1 Å². The summed E-state index contributed by atoms with van der Waals surface area (Å²) in [5, 5.41) is 8.65. The third kappa shape index (κ3) is 2.41. The summed E-state index contributed by atoms with van der Waals surface area (Å²) in [6.45, 7) is 0.